The zero-order chi connectivity index (χ0) is 16.4. The number of ether oxygens (including phenoxy) is 2. The Kier molecular flexibility index (Phi) is 4.82. The number of rotatable bonds is 5. The van der Waals surface area contributed by atoms with Gasteiger partial charge >= 0.3 is 0 Å². The summed E-state index contributed by atoms with van der Waals surface area (Å²) in [7, 11) is 1.91. The molecule has 7 heteroatoms. The number of aryl methyl sites for hydroxylation is 1. The minimum Gasteiger partial charge on any atom is -0.471 e. The summed E-state index contributed by atoms with van der Waals surface area (Å²) < 4.78 is 13.3. The monoisotopic (exact) mass is 333 g/mol. The Bertz CT molecular complexity index is 581. The highest BCUT2D eigenvalue weighted by atomic mass is 16.5. The van der Waals surface area contributed by atoms with E-state index < -0.39 is 0 Å². The first-order valence-electron chi connectivity index (χ1n) is 9.02. The van der Waals surface area contributed by atoms with Crippen LogP contribution in [0.4, 0.5) is 0 Å². The molecule has 1 aromatic heterocycles. The lowest BCUT2D eigenvalue weighted by molar-refractivity contribution is 0.0238. The first-order valence-corrected chi connectivity index (χ1v) is 9.02. The molecule has 1 unspecified atom stereocenters. The number of aliphatic imine (C=N–C) groups is 1. The molecule has 0 saturated carbocycles. The van der Waals surface area contributed by atoms with Gasteiger partial charge in [-0.15, -0.1) is 0 Å². The summed E-state index contributed by atoms with van der Waals surface area (Å²) >= 11 is 0. The van der Waals surface area contributed by atoms with Gasteiger partial charge in [-0.05, 0) is 19.4 Å². The first kappa shape index (κ1) is 16.1. The van der Waals surface area contributed by atoms with Crippen molar-refractivity contribution < 1.29 is 9.47 Å². The standard InChI is InChI=1S/C17H27N5O2/c1-20-11-14(9-19-20)17-18-10-16(24-17)13-22-4-2-3-15(22)12-21-5-7-23-8-6-21/h9,11,15-16H,2-8,10,12-13H2,1H3/t15-,16?/m0/s1. The quantitative estimate of drug-likeness (QED) is 0.779. The summed E-state index contributed by atoms with van der Waals surface area (Å²) in [6, 6.07) is 0.647. The second-order valence-electron chi connectivity index (χ2n) is 6.99. The molecular formula is C17H27N5O2. The fourth-order valence-electron chi connectivity index (χ4n) is 3.89. The maximum atomic E-state index is 6.08. The second-order valence-corrected chi connectivity index (χ2v) is 6.99. The van der Waals surface area contributed by atoms with Crippen LogP contribution in [0, 0.1) is 0 Å². The van der Waals surface area contributed by atoms with Crippen LogP contribution in [0.5, 0.6) is 0 Å². The van der Waals surface area contributed by atoms with Crippen molar-refractivity contribution in [2.75, 3.05) is 52.5 Å². The Hall–Kier alpha value is -1.44. The molecule has 132 valence electrons. The summed E-state index contributed by atoms with van der Waals surface area (Å²) in [5.74, 6) is 0.747. The van der Waals surface area contributed by atoms with E-state index in [1.165, 1.54) is 19.4 Å². The van der Waals surface area contributed by atoms with Crippen molar-refractivity contribution in [1.82, 2.24) is 19.6 Å². The third-order valence-electron chi connectivity index (χ3n) is 5.18. The Morgan fingerprint density at radius 1 is 1.21 bits per heavy atom. The Balaban J connectivity index is 1.29. The molecule has 4 rings (SSSR count). The van der Waals surface area contributed by atoms with E-state index in [0.717, 1.165) is 57.4 Å². The predicted molar refractivity (Wildman–Crippen MR) is 91.3 cm³/mol. The highest BCUT2D eigenvalue weighted by molar-refractivity contribution is 5.94. The summed E-state index contributed by atoms with van der Waals surface area (Å²) in [6.07, 6.45) is 6.53. The molecule has 0 bridgehead atoms. The van der Waals surface area contributed by atoms with Crippen molar-refractivity contribution in [3.63, 3.8) is 0 Å². The molecule has 0 amide bonds. The van der Waals surface area contributed by atoms with Gasteiger partial charge in [0.15, 0.2) is 0 Å². The lowest BCUT2D eigenvalue weighted by Crippen LogP contribution is -2.47. The first-order chi connectivity index (χ1) is 11.8. The number of likely N-dealkylation sites (tertiary alicyclic amines) is 1. The summed E-state index contributed by atoms with van der Waals surface area (Å²) in [6.45, 7) is 7.95. The molecule has 2 fully saturated rings. The van der Waals surface area contributed by atoms with E-state index >= 15 is 0 Å². The minimum atomic E-state index is 0.172. The number of aromatic nitrogens is 2. The van der Waals surface area contributed by atoms with Gasteiger partial charge in [0.05, 0.1) is 31.5 Å². The van der Waals surface area contributed by atoms with Crippen LogP contribution < -0.4 is 0 Å². The molecule has 0 aliphatic carbocycles. The zero-order valence-corrected chi connectivity index (χ0v) is 14.4. The molecule has 0 aromatic carbocycles. The molecule has 0 N–H and O–H groups in total. The smallest absolute Gasteiger partial charge is 0.219 e. The van der Waals surface area contributed by atoms with Crippen molar-refractivity contribution in [2.24, 2.45) is 12.0 Å². The molecule has 7 nitrogen and oxygen atoms in total. The van der Waals surface area contributed by atoms with Crippen molar-refractivity contribution in [1.29, 1.82) is 0 Å². The molecular weight excluding hydrogens is 306 g/mol. The average Bonchev–Trinajstić information content (AvgIpc) is 3.31. The molecule has 24 heavy (non-hydrogen) atoms. The largest absolute Gasteiger partial charge is 0.471 e. The minimum absolute atomic E-state index is 0.172. The van der Waals surface area contributed by atoms with Gasteiger partial charge in [0.1, 0.15) is 6.10 Å². The third kappa shape index (κ3) is 3.63. The average molecular weight is 333 g/mol. The van der Waals surface area contributed by atoms with Crippen molar-refractivity contribution in [3.8, 4) is 0 Å². The van der Waals surface area contributed by atoms with E-state index in [2.05, 4.69) is 19.9 Å². The van der Waals surface area contributed by atoms with E-state index in [1.807, 2.05) is 19.4 Å². The summed E-state index contributed by atoms with van der Waals surface area (Å²) in [4.78, 5) is 9.71. The van der Waals surface area contributed by atoms with E-state index in [9.17, 15) is 0 Å². The normalized spacial score (nSPS) is 29.0. The highest BCUT2D eigenvalue weighted by Crippen LogP contribution is 2.21. The SMILES string of the molecule is Cn1cc(C2=NCC(CN3CCC[C@H]3CN3CCOCC3)O2)cn1. The number of nitrogens with zero attached hydrogens (tertiary/aromatic N) is 5. The fourth-order valence-corrected chi connectivity index (χ4v) is 3.89. The number of hydrogen-bond acceptors (Lipinski definition) is 6. The number of morpholine rings is 1. The van der Waals surface area contributed by atoms with E-state index in [0.29, 0.717) is 6.04 Å². The molecule has 1 aromatic rings. The molecule has 3 aliphatic rings. The van der Waals surface area contributed by atoms with Crippen LogP contribution in [0.3, 0.4) is 0 Å². The third-order valence-corrected chi connectivity index (χ3v) is 5.18. The van der Waals surface area contributed by atoms with Crippen molar-refractivity contribution >= 4 is 5.90 Å². The summed E-state index contributed by atoms with van der Waals surface area (Å²) in [5, 5.41) is 4.20. The van der Waals surface area contributed by atoms with Gasteiger partial charge < -0.3 is 9.47 Å². The highest BCUT2D eigenvalue weighted by Gasteiger charge is 2.31. The Morgan fingerprint density at radius 2 is 2.08 bits per heavy atom. The van der Waals surface area contributed by atoms with Crippen LogP contribution in [0.15, 0.2) is 17.4 Å². The van der Waals surface area contributed by atoms with E-state index in [-0.39, 0.29) is 6.10 Å². The van der Waals surface area contributed by atoms with Crippen LogP contribution in [0.25, 0.3) is 0 Å². The zero-order valence-electron chi connectivity index (χ0n) is 14.4. The lowest BCUT2D eigenvalue weighted by atomic mass is 10.2. The van der Waals surface area contributed by atoms with E-state index in [1.54, 1.807) is 4.68 Å². The fraction of sp³-hybridized carbons (Fsp3) is 0.765. The van der Waals surface area contributed by atoms with Crippen LogP contribution in [0.1, 0.15) is 18.4 Å². The second kappa shape index (κ2) is 7.21. The van der Waals surface area contributed by atoms with Crippen LogP contribution in [0.2, 0.25) is 0 Å². The summed E-state index contributed by atoms with van der Waals surface area (Å²) in [5.41, 5.74) is 0.978. The molecule has 3 aliphatic heterocycles. The molecule has 2 atom stereocenters. The van der Waals surface area contributed by atoms with Crippen LogP contribution >= 0.6 is 0 Å². The Labute approximate surface area is 143 Å². The van der Waals surface area contributed by atoms with Crippen LogP contribution in [-0.4, -0.2) is 90.1 Å². The topological polar surface area (TPSA) is 55.1 Å². The van der Waals surface area contributed by atoms with Gasteiger partial charge in [0, 0.05) is 45.5 Å². The lowest BCUT2D eigenvalue weighted by Gasteiger charge is -2.33. The van der Waals surface area contributed by atoms with Gasteiger partial charge in [-0.2, -0.15) is 5.10 Å². The number of hydrogen-bond donors (Lipinski definition) is 0. The van der Waals surface area contributed by atoms with Crippen molar-refractivity contribution in [2.45, 2.75) is 25.0 Å². The van der Waals surface area contributed by atoms with Gasteiger partial charge in [-0.1, -0.05) is 0 Å². The maximum absolute atomic E-state index is 6.08. The predicted octanol–water partition coefficient (Wildman–Crippen LogP) is 0.362. The van der Waals surface area contributed by atoms with Gasteiger partial charge in [-0.3, -0.25) is 14.5 Å². The molecule has 0 radical (unpaired) electrons. The molecule has 0 spiro atoms. The maximum Gasteiger partial charge on any atom is 0.219 e. The van der Waals surface area contributed by atoms with Gasteiger partial charge in [0.2, 0.25) is 5.90 Å². The van der Waals surface area contributed by atoms with Gasteiger partial charge in [-0.25, -0.2) is 4.99 Å². The molecule has 4 heterocycles. The van der Waals surface area contributed by atoms with E-state index in [4.69, 9.17) is 9.47 Å². The van der Waals surface area contributed by atoms with Crippen LogP contribution in [-0.2, 0) is 16.5 Å². The van der Waals surface area contributed by atoms with Crippen molar-refractivity contribution in [3.05, 3.63) is 18.0 Å². The Morgan fingerprint density at radius 3 is 2.88 bits per heavy atom. The van der Waals surface area contributed by atoms with Gasteiger partial charge in [0.25, 0.3) is 0 Å². The molecule has 2 saturated heterocycles.